The highest BCUT2D eigenvalue weighted by atomic mass is 79.9. The molecule has 0 aliphatic heterocycles. The second-order valence-corrected chi connectivity index (χ2v) is 3.64. The van der Waals surface area contributed by atoms with Crippen LogP contribution in [0.2, 0.25) is 0 Å². The molecule has 0 radical (unpaired) electrons. The highest BCUT2D eigenvalue weighted by molar-refractivity contribution is 9.10. The molecule has 0 atom stereocenters. The molecule has 4 heteroatoms. The van der Waals surface area contributed by atoms with Crippen molar-refractivity contribution in [3.05, 3.63) is 22.2 Å². The van der Waals surface area contributed by atoms with Crippen LogP contribution in [0, 0.1) is 0 Å². The monoisotopic (exact) mass is 243 g/mol. The molecule has 0 aromatic carbocycles. The Balaban J connectivity index is 2.78. The normalized spacial score (nSPS) is 10.4. The molecule has 0 amide bonds. The van der Waals surface area contributed by atoms with Gasteiger partial charge in [0.15, 0.2) is 0 Å². The Labute approximate surface area is 87.1 Å². The van der Waals surface area contributed by atoms with Crippen molar-refractivity contribution in [2.45, 2.75) is 19.8 Å². The van der Waals surface area contributed by atoms with Gasteiger partial charge in [0.2, 0.25) is 0 Å². The van der Waals surface area contributed by atoms with Gasteiger partial charge in [-0.1, -0.05) is 6.92 Å². The van der Waals surface area contributed by atoms with Gasteiger partial charge in [0.05, 0.1) is 10.2 Å². The topological polar surface area (TPSA) is 37.8 Å². The molecule has 0 aliphatic rings. The fourth-order valence-electron chi connectivity index (χ4n) is 1.03. The molecule has 0 aliphatic carbocycles. The maximum Gasteiger partial charge on any atom is 0.128 e. The Kier molecular flexibility index (Phi) is 4.32. The van der Waals surface area contributed by atoms with Crippen molar-refractivity contribution in [3.8, 4) is 0 Å². The van der Waals surface area contributed by atoms with Gasteiger partial charge < -0.3 is 5.32 Å². The lowest BCUT2D eigenvalue weighted by molar-refractivity contribution is 0.759. The molecule has 1 N–H and O–H groups in total. The lowest BCUT2D eigenvalue weighted by atomic mass is 10.3. The van der Waals surface area contributed by atoms with Crippen molar-refractivity contribution in [3.63, 3.8) is 0 Å². The first-order valence-corrected chi connectivity index (χ1v) is 5.22. The van der Waals surface area contributed by atoms with Gasteiger partial charge in [0.25, 0.3) is 0 Å². The summed E-state index contributed by atoms with van der Waals surface area (Å²) < 4.78 is 1.000. The minimum atomic E-state index is 0.889. The zero-order chi connectivity index (χ0) is 9.68. The summed E-state index contributed by atoms with van der Waals surface area (Å²) >= 11 is 3.44. The lowest BCUT2D eigenvalue weighted by Crippen LogP contribution is -2.12. The van der Waals surface area contributed by atoms with E-state index in [4.69, 9.17) is 0 Å². The predicted molar refractivity (Wildman–Crippen MR) is 56.7 cm³/mol. The molecular weight excluding hydrogens is 230 g/mol. The molecular formula is C9H14BrN3. The quantitative estimate of drug-likeness (QED) is 0.873. The summed E-state index contributed by atoms with van der Waals surface area (Å²) in [7, 11) is 1.94. The van der Waals surface area contributed by atoms with E-state index in [9.17, 15) is 0 Å². The van der Waals surface area contributed by atoms with Crippen LogP contribution in [0.1, 0.15) is 18.4 Å². The third-order valence-electron chi connectivity index (χ3n) is 1.79. The van der Waals surface area contributed by atoms with Crippen molar-refractivity contribution in [2.75, 3.05) is 13.6 Å². The molecule has 0 bridgehead atoms. The van der Waals surface area contributed by atoms with Crippen LogP contribution in [-0.2, 0) is 12.8 Å². The molecule has 72 valence electrons. The van der Waals surface area contributed by atoms with Gasteiger partial charge in [0.1, 0.15) is 5.82 Å². The zero-order valence-corrected chi connectivity index (χ0v) is 9.56. The SMILES string of the molecule is CCc1ncc(Br)c(CCNC)n1. The Morgan fingerprint density at radius 1 is 1.54 bits per heavy atom. The number of halogens is 1. The summed E-state index contributed by atoms with van der Waals surface area (Å²) in [6.07, 6.45) is 3.66. The maximum atomic E-state index is 4.43. The number of hydrogen-bond acceptors (Lipinski definition) is 3. The van der Waals surface area contributed by atoms with Crippen LogP contribution in [0.3, 0.4) is 0 Å². The van der Waals surface area contributed by atoms with Gasteiger partial charge in [-0.3, -0.25) is 0 Å². The smallest absolute Gasteiger partial charge is 0.128 e. The number of aryl methyl sites for hydroxylation is 1. The maximum absolute atomic E-state index is 4.43. The number of rotatable bonds is 4. The molecule has 13 heavy (non-hydrogen) atoms. The van der Waals surface area contributed by atoms with Gasteiger partial charge in [-0.2, -0.15) is 0 Å². The van der Waals surface area contributed by atoms with E-state index in [1.165, 1.54) is 0 Å². The van der Waals surface area contributed by atoms with Crippen LogP contribution in [0.15, 0.2) is 10.7 Å². The van der Waals surface area contributed by atoms with E-state index in [2.05, 4.69) is 38.1 Å². The van der Waals surface area contributed by atoms with Crippen LogP contribution in [0.5, 0.6) is 0 Å². The second-order valence-electron chi connectivity index (χ2n) is 2.79. The second kappa shape index (κ2) is 5.29. The standard InChI is InChI=1S/C9H14BrN3/c1-3-9-12-6-7(10)8(13-9)4-5-11-2/h6,11H,3-5H2,1-2H3. The van der Waals surface area contributed by atoms with Crippen LogP contribution >= 0.6 is 15.9 Å². The third kappa shape index (κ3) is 3.04. The molecule has 3 nitrogen and oxygen atoms in total. The van der Waals surface area contributed by atoms with E-state index in [0.717, 1.165) is 35.4 Å². The van der Waals surface area contributed by atoms with Crippen LogP contribution in [0.25, 0.3) is 0 Å². The molecule has 0 saturated carbocycles. The van der Waals surface area contributed by atoms with E-state index in [1.54, 1.807) is 0 Å². The van der Waals surface area contributed by atoms with Crippen LogP contribution < -0.4 is 5.32 Å². The summed E-state index contributed by atoms with van der Waals surface area (Å²) in [4.78, 5) is 8.62. The van der Waals surface area contributed by atoms with E-state index in [0.29, 0.717) is 0 Å². The summed E-state index contributed by atoms with van der Waals surface area (Å²) in [6.45, 7) is 3.00. The largest absolute Gasteiger partial charge is 0.319 e. The third-order valence-corrected chi connectivity index (χ3v) is 2.46. The number of likely N-dealkylation sites (N-methyl/N-ethyl adjacent to an activating group) is 1. The van der Waals surface area contributed by atoms with Gasteiger partial charge in [-0.05, 0) is 23.0 Å². The van der Waals surface area contributed by atoms with Crippen LogP contribution in [0.4, 0.5) is 0 Å². The molecule has 0 saturated heterocycles. The summed E-state index contributed by atoms with van der Waals surface area (Å²) in [5, 5.41) is 3.10. The summed E-state index contributed by atoms with van der Waals surface area (Å²) in [6, 6.07) is 0. The number of nitrogens with one attached hydrogen (secondary N) is 1. The van der Waals surface area contributed by atoms with Crippen molar-refractivity contribution in [1.82, 2.24) is 15.3 Å². The first-order valence-electron chi connectivity index (χ1n) is 4.42. The van der Waals surface area contributed by atoms with Gasteiger partial charge in [-0.15, -0.1) is 0 Å². The highest BCUT2D eigenvalue weighted by Crippen LogP contribution is 2.13. The minimum Gasteiger partial charge on any atom is -0.319 e. The molecule has 0 unspecified atom stereocenters. The Hall–Kier alpha value is -0.480. The first kappa shape index (κ1) is 10.6. The summed E-state index contributed by atoms with van der Waals surface area (Å²) in [5.74, 6) is 0.911. The van der Waals surface area contributed by atoms with Crippen molar-refractivity contribution in [1.29, 1.82) is 0 Å². The zero-order valence-electron chi connectivity index (χ0n) is 7.97. The Morgan fingerprint density at radius 2 is 2.31 bits per heavy atom. The Bertz CT molecular complexity index is 276. The molecule has 1 rings (SSSR count). The van der Waals surface area contributed by atoms with E-state index >= 15 is 0 Å². The average molecular weight is 244 g/mol. The minimum absolute atomic E-state index is 0.889. The Morgan fingerprint density at radius 3 is 2.92 bits per heavy atom. The number of aromatic nitrogens is 2. The highest BCUT2D eigenvalue weighted by Gasteiger charge is 2.02. The van der Waals surface area contributed by atoms with Crippen molar-refractivity contribution >= 4 is 15.9 Å². The first-order chi connectivity index (χ1) is 6.27. The summed E-state index contributed by atoms with van der Waals surface area (Å²) in [5.41, 5.74) is 1.08. The van der Waals surface area contributed by atoms with Gasteiger partial charge in [-0.25, -0.2) is 9.97 Å². The van der Waals surface area contributed by atoms with Gasteiger partial charge >= 0.3 is 0 Å². The molecule has 1 heterocycles. The average Bonchev–Trinajstić information content (AvgIpc) is 2.17. The molecule has 1 aromatic rings. The van der Waals surface area contributed by atoms with Gasteiger partial charge in [0, 0.05) is 25.6 Å². The molecule has 1 aromatic heterocycles. The van der Waals surface area contributed by atoms with Crippen molar-refractivity contribution in [2.24, 2.45) is 0 Å². The van der Waals surface area contributed by atoms with E-state index < -0.39 is 0 Å². The fraction of sp³-hybridized carbons (Fsp3) is 0.556. The predicted octanol–water partition coefficient (Wildman–Crippen LogP) is 1.56. The number of nitrogens with zero attached hydrogens (tertiary/aromatic N) is 2. The van der Waals surface area contributed by atoms with Crippen molar-refractivity contribution < 1.29 is 0 Å². The molecule has 0 spiro atoms. The van der Waals surface area contributed by atoms with E-state index in [1.807, 2.05) is 13.2 Å². The molecule has 0 fully saturated rings. The lowest BCUT2D eigenvalue weighted by Gasteiger charge is -2.04. The van der Waals surface area contributed by atoms with Crippen LogP contribution in [-0.4, -0.2) is 23.6 Å². The number of hydrogen-bond donors (Lipinski definition) is 1. The van der Waals surface area contributed by atoms with E-state index in [-0.39, 0.29) is 0 Å². The fourth-order valence-corrected chi connectivity index (χ4v) is 1.42.